The van der Waals surface area contributed by atoms with E-state index in [1.807, 2.05) is 0 Å². The van der Waals surface area contributed by atoms with Crippen LogP contribution in [0.3, 0.4) is 0 Å². The maximum Gasteiger partial charge on any atom is 0.326 e. The number of hydrogen-bond donors (Lipinski definition) is 2. The summed E-state index contributed by atoms with van der Waals surface area (Å²) in [7, 11) is -3.67. The fourth-order valence-corrected chi connectivity index (χ4v) is 4.77. The summed E-state index contributed by atoms with van der Waals surface area (Å²) in [6.07, 6.45) is 2.67. The molecule has 0 spiro atoms. The van der Waals surface area contributed by atoms with Gasteiger partial charge in [0.1, 0.15) is 6.04 Å². The van der Waals surface area contributed by atoms with E-state index in [4.69, 9.17) is 0 Å². The molecule has 1 aliphatic heterocycles. The number of aliphatic carboxylic acids is 1. The molecule has 0 bridgehead atoms. The van der Waals surface area contributed by atoms with Gasteiger partial charge < -0.3 is 10.4 Å². The molecule has 1 aliphatic rings. The van der Waals surface area contributed by atoms with E-state index >= 15 is 0 Å². The van der Waals surface area contributed by atoms with E-state index in [2.05, 4.69) is 5.32 Å². The van der Waals surface area contributed by atoms with Gasteiger partial charge in [0, 0.05) is 18.7 Å². The Morgan fingerprint density at radius 3 is 2.31 bits per heavy atom. The summed E-state index contributed by atoms with van der Waals surface area (Å²) >= 11 is 0. The highest BCUT2D eigenvalue weighted by molar-refractivity contribution is 7.89. The van der Waals surface area contributed by atoms with Crippen molar-refractivity contribution in [2.75, 3.05) is 13.1 Å². The molecule has 0 radical (unpaired) electrons. The van der Waals surface area contributed by atoms with E-state index in [9.17, 15) is 23.1 Å². The zero-order chi connectivity index (χ0) is 19.5. The Morgan fingerprint density at radius 2 is 1.77 bits per heavy atom. The first-order valence-electron chi connectivity index (χ1n) is 8.79. The standard InChI is InChI=1S/C18H26N2O5S/c1-12(2)16(18(22)23)19-17(21)14-8-7-13(3)15(11-14)26(24,25)20-9-5-4-6-10-20/h7-8,11-12,16H,4-6,9-10H2,1-3H3,(H,19,21)(H,22,23)/t16-/m0/s1. The first-order chi connectivity index (χ1) is 12.1. The van der Waals surface area contributed by atoms with Crippen molar-refractivity contribution in [3.05, 3.63) is 29.3 Å². The minimum Gasteiger partial charge on any atom is -0.480 e. The number of carbonyl (C=O) groups excluding carboxylic acids is 1. The Kier molecular flexibility index (Phi) is 6.41. The van der Waals surface area contributed by atoms with Gasteiger partial charge in [-0.1, -0.05) is 26.3 Å². The van der Waals surface area contributed by atoms with E-state index in [1.165, 1.54) is 16.4 Å². The first-order valence-corrected chi connectivity index (χ1v) is 10.2. The van der Waals surface area contributed by atoms with E-state index in [1.54, 1.807) is 26.8 Å². The Bertz CT molecular complexity index is 783. The number of nitrogens with zero attached hydrogens (tertiary/aromatic N) is 1. The number of carboxylic acid groups (broad SMARTS) is 1. The molecule has 7 nitrogen and oxygen atoms in total. The van der Waals surface area contributed by atoms with Crippen LogP contribution in [-0.2, 0) is 14.8 Å². The number of hydrogen-bond acceptors (Lipinski definition) is 4. The van der Waals surface area contributed by atoms with Crippen molar-refractivity contribution in [2.24, 2.45) is 5.92 Å². The van der Waals surface area contributed by atoms with Crippen molar-refractivity contribution >= 4 is 21.9 Å². The second-order valence-corrected chi connectivity index (χ2v) is 8.88. The van der Waals surface area contributed by atoms with Gasteiger partial charge in [0.2, 0.25) is 10.0 Å². The van der Waals surface area contributed by atoms with Gasteiger partial charge in [-0.05, 0) is 43.4 Å². The maximum atomic E-state index is 12.9. The van der Waals surface area contributed by atoms with E-state index < -0.39 is 27.9 Å². The van der Waals surface area contributed by atoms with Crippen molar-refractivity contribution in [3.63, 3.8) is 0 Å². The molecule has 1 fully saturated rings. The summed E-state index contributed by atoms with van der Waals surface area (Å²) in [6.45, 7) is 6.03. The Labute approximate surface area is 154 Å². The molecule has 1 aromatic rings. The van der Waals surface area contributed by atoms with Crippen molar-refractivity contribution in [3.8, 4) is 0 Å². The van der Waals surface area contributed by atoms with Crippen LogP contribution in [-0.4, -0.2) is 48.8 Å². The fourth-order valence-electron chi connectivity index (χ4n) is 3.00. The number of benzene rings is 1. The van der Waals surface area contributed by atoms with Crippen LogP contribution in [0.5, 0.6) is 0 Å². The summed E-state index contributed by atoms with van der Waals surface area (Å²) in [5.41, 5.74) is 0.698. The third-order valence-corrected chi connectivity index (χ3v) is 6.64. The van der Waals surface area contributed by atoms with Gasteiger partial charge in [-0.25, -0.2) is 13.2 Å². The number of piperidine rings is 1. The van der Waals surface area contributed by atoms with E-state index in [0.717, 1.165) is 19.3 Å². The van der Waals surface area contributed by atoms with Gasteiger partial charge in [0.15, 0.2) is 0 Å². The SMILES string of the molecule is Cc1ccc(C(=O)N[C@H](C(=O)O)C(C)C)cc1S(=O)(=O)N1CCCCC1. The monoisotopic (exact) mass is 382 g/mol. The Morgan fingerprint density at radius 1 is 1.15 bits per heavy atom. The first kappa shape index (κ1) is 20.4. The molecular weight excluding hydrogens is 356 g/mol. The van der Waals surface area contributed by atoms with Crippen LogP contribution in [0, 0.1) is 12.8 Å². The van der Waals surface area contributed by atoms with Gasteiger partial charge in [-0.15, -0.1) is 0 Å². The van der Waals surface area contributed by atoms with Crippen molar-refractivity contribution in [1.29, 1.82) is 0 Å². The van der Waals surface area contributed by atoms with E-state index in [-0.39, 0.29) is 16.4 Å². The highest BCUT2D eigenvalue weighted by Gasteiger charge is 2.29. The van der Waals surface area contributed by atoms with Crippen LogP contribution in [0.4, 0.5) is 0 Å². The highest BCUT2D eigenvalue weighted by Crippen LogP contribution is 2.24. The summed E-state index contributed by atoms with van der Waals surface area (Å²) < 4.78 is 27.3. The summed E-state index contributed by atoms with van der Waals surface area (Å²) in [4.78, 5) is 23.8. The van der Waals surface area contributed by atoms with Gasteiger partial charge in [0.25, 0.3) is 5.91 Å². The lowest BCUT2D eigenvalue weighted by Gasteiger charge is -2.26. The number of rotatable bonds is 6. The molecular formula is C18H26N2O5S. The zero-order valence-corrected chi connectivity index (χ0v) is 16.2. The Balaban J connectivity index is 2.31. The maximum absolute atomic E-state index is 12.9. The Hall–Kier alpha value is -1.93. The lowest BCUT2D eigenvalue weighted by molar-refractivity contribution is -0.140. The molecule has 1 heterocycles. The van der Waals surface area contributed by atoms with Gasteiger partial charge >= 0.3 is 5.97 Å². The summed E-state index contributed by atoms with van der Waals surface area (Å²) in [6, 6.07) is 3.40. The van der Waals surface area contributed by atoms with Crippen LogP contribution < -0.4 is 5.32 Å². The molecule has 1 amide bonds. The van der Waals surface area contributed by atoms with Gasteiger partial charge in [-0.3, -0.25) is 4.79 Å². The number of carbonyl (C=O) groups is 2. The van der Waals surface area contributed by atoms with Gasteiger partial charge in [-0.2, -0.15) is 4.31 Å². The molecule has 1 atom stereocenters. The topological polar surface area (TPSA) is 104 Å². The smallest absolute Gasteiger partial charge is 0.326 e. The molecule has 2 N–H and O–H groups in total. The molecule has 144 valence electrons. The molecule has 26 heavy (non-hydrogen) atoms. The summed E-state index contributed by atoms with van der Waals surface area (Å²) in [5.74, 6) is -2.01. The van der Waals surface area contributed by atoms with Crippen molar-refractivity contribution in [1.82, 2.24) is 9.62 Å². The quantitative estimate of drug-likeness (QED) is 0.783. The third kappa shape index (κ3) is 4.42. The van der Waals surface area contributed by atoms with E-state index in [0.29, 0.717) is 18.7 Å². The second-order valence-electron chi connectivity index (χ2n) is 6.98. The number of sulfonamides is 1. The summed E-state index contributed by atoms with van der Waals surface area (Å²) in [5, 5.41) is 11.7. The van der Waals surface area contributed by atoms with Crippen molar-refractivity contribution < 1.29 is 23.1 Å². The molecule has 0 aromatic heterocycles. The number of aryl methyl sites for hydroxylation is 1. The van der Waals surface area contributed by atoms with Crippen molar-refractivity contribution in [2.45, 2.75) is 51.0 Å². The second kappa shape index (κ2) is 8.18. The lowest BCUT2D eigenvalue weighted by atomic mass is 10.0. The number of nitrogens with one attached hydrogen (secondary N) is 1. The molecule has 0 unspecified atom stereocenters. The zero-order valence-electron chi connectivity index (χ0n) is 15.4. The van der Waals surface area contributed by atoms with Crippen LogP contribution in [0.2, 0.25) is 0 Å². The molecule has 8 heteroatoms. The molecule has 2 rings (SSSR count). The third-order valence-electron chi connectivity index (χ3n) is 4.60. The fraction of sp³-hybridized carbons (Fsp3) is 0.556. The largest absolute Gasteiger partial charge is 0.480 e. The lowest BCUT2D eigenvalue weighted by Crippen LogP contribution is -2.44. The average Bonchev–Trinajstić information content (AvgIpc) is 2.59. The molecule has 1 saturated heterocycles. The van der Waals surface area contributed by atoms with Crippen LogP contribution in [0.25, 0.3) is 0 Å². The number of amides is 1. The minimum absolute atomic E-state index is 0.100. The van der Waals surface area contributed by atoms with Gasteiger partial charge in [0.05, 0.1) is 4.90 Å². The molecule has 0 aliphatic carbocycles. The predicted molar refractivity (Wildman–Crippen MR) is 97.5 cm³/mol. The highest BCUT2D eigenvalue weighted by atomic mass is 32.2. The van der Waals surface area contributed by atoms with Crippen LogP contribution in [0.1, 0.15) is 49.0 Å². The van der Waals surface area contributed by atoms with Crippen LogP contribution >= 0.6 is 0 Å². The predicted octanol–water partition coefficient (Wildman–Crippen LogP) is 2.01. The minimum atomic E-state index is -3.67. The average molecular weight is 382 g/mol. The normalized spacial score (nSPS) is 17.1. The molecule has 1 aromatic carbocycles. The molecule has 0 saturated carbocycles. The number of carboxylic acids is 1. The van der Waals surface area contributed by atoms with Crippen LogP contribution in [0.15, 0.2) is 23.1 Å².